The summed E-state index contributed by atoms with van der Waals surface area (Å²) in [5.41, 5.74) is 2.54. The van der Waals surface area contributed by atoms with Crippen molar-refractivity contribution >= 4 is 42.6 Å². The lowest BCUT2D eigenvalue weighted by molar-refractivity contribution is 0.0746. The van der Waals surface area contributed by atoms with Gasteiger partial charge in [0.25, 0.3) is 5.91 Å². The molecule has 10 heteroatoms. The predicted octanol–water partition coefficient (Wildman–Crippen LogP) is 4.39. The average Bonchev–Trinajstić information content (AvgIpc) is 3.36. The number of hydrogen-bond donors (Lipinski definition) is 0. The van der Waals surface area contributed by atoms with E-state index in [1.165, 1.54) is 9.87 Å². The van der Waals surface area contributed by atoms with Crippen molar-refractivity contribution in [2.24, 2.45) is 0 Å². The van der Waals surface area contributed by atoms with E-state index < -0.39 is 10.0 Å². The Morgan fingerprint density at radius 2 is 1.78 bits per heavy atom. The number of methoxy groups -OCH3 is 1. The normalized spacial score (nSPS) is 14.6. The number of aryl methyl sites for hydroxylation is 1. The first-order valence-electron chi connectivity index (χ1n) is 12.4. The van der Waals surface area contributed by atoms with Crippen LogP contribution in [0.25, 0.3) is 10.2 Å². The van der Waals surface area contributed by atoms with Gasteiger partial charge in [-0.05, 0) is 49.2 Å². The van der Waals surface area contributed by atoms with Crippen LogP contribution in [0.3, 0.4) is 0 Å². The average molecular weight is 531 g/mol. The maximum Gasteiger partial charge on any atom is 0.253 e. The van der Waals surface area contributed by atoms with Gasteiger partial charge in [0.15, 0.2) is 5.13 Å². The van der Waals surface area contributed by atoms with Crippen molar-refractivity contribution < 1.29 is 17.9 Å². The molecule has 1 amide bonds. The Hall–Kier alpha value is -2.69. The van der Waals surface area contributed by atoms with Crippen LogP contribution < -0.4 is 9.64 Å². The van der Waals surface area contributed by atoms with E-state index in [-0.39, 0.29) is 10.8 Å². The lowest BCUT2D eigenvalue weighted by Gasteiger charge is -2.34. The number of ether oxygens (including phenoxy) is 1. The highest BCUT2D eigenvalue weighted by Gasteiger charge is 2.26. The molecular weight excluding hydrogens is 496 g/mol. The summed E-state index contributed by atoms with van der Waals surface area (Å²) in [5, 5.41) is 0.933. The van der Waals surface area contributed by atoms with Gasteiger partial charge in [0.05, 0.1) is 16.7 Å². The van der Waals surface area contributed by atoms with Crippen LogP contribution >= 0.6 is 11.3 Å². The molecule has 1 saturated heterocycles. The number of piperazine rings is 1. The number of aromatic nitrogens is 1. The van der Waals surface area contributed by atoms with Crippen LogP contribution in [-0.2, 0) is 10.0 Å². The van der Waals surface area contributed by atoms with Crippen LogP contribution in [0.15, 0.2) is 41.3 Å². The molecule has 1 aliphatic heterocycles. The van der Waals surface area contributed by atoms with Gasteiger partial charge in [-0.25, -0.2) is 13.4 Å². The molecule has 1 aliphatic rings. The lowest BCUT2D eigenvalue weighted by Crippen LogP contribution is -2.48. The van der Waals surface area contributed by atoms with Crippen LogP contribution in [0.1, 0.15) is 42.6 Å². The third kappa shape index (κ3) is 5.21. The lowest BCUT2D eigenvalue weighted by atomic mass is 10.2. The zero-order valence-corrected chi connectivity index (χ0v) is 23.0. The number of amides is 1. The van der Waals surface area contributed by atoms with E-state index in [2.05, 4.69) is 11.8 Å². The number of unbranched alkanes of at least 4 members (excludes halogenated alkanes) is 1. The first-order valence-corrected chi connectivity index (χ1v) is 14.6. The zero-order chi connectivity index (χ0) is 25.9. The third-order valence-corrected chi connectivity index (χ3v) is 9.84. The molecule has 0 atom stereocenters. The molecule has 1 aromatic heterocycles. The van der Waals surface area contributed by atoms with Crippen molar-refractivity contribution in [3.63, 3.8) is 0 Å². The van der Waals surface area contributed by atoms with E-state index >= 15 is 0 Å². The predicted molar refractivity (Wildman–Crippen MR) is 145 cm³/mol. The highest BCUT2D eigenvalue weighted by atomic mass is 32.2. The Balaban J connectivity index is 1.42. The maximum atomic E-state index is 13.1. The number of fused-ring (bicyclic) bond motifs is 1. The summed E-state index contributed by atoms with van der Waals surface area (Å²) in [6, 6.07) is 10.3. The molecule has 4 rings (SSSR count). The molecule has 3 aromatic rings. The first-order chi connectivity index (χ1) is 17.3. The number of thiazole rings is 1. The Bertz CT molecular complexity index is 1310. The summed E-state index contributed by atoms with van der Waals surface area (Å²) in [7, 11) is -1.91. The number of nitrogens with zero attached hydrogens (tertiary/aromatic N) is 4. The van der Waals surface area contributed by atoms with E-state index in [1.54, 1.807) is 42.7 Å². The van der Waals surface area contributed by atoms with Crippen molar-refractivity contribution in [2.45, 2.75) is 38.5 Å². The molecule has 8 nitrogen and oxygen atoms in total. The van der Waals surface area contributed by atoms with Gasteiger partial charge < -0.3 is 14.5 Å². The summed E-state index contributed by atoms with van der Waals surface area (Å²) in [6.07, 6.45) is 1.75. The van der Waals surface area contributed by atoms with Gasteiger partial charge in [0, 0.05) is 44.8 Å². The second-order valence-electron chi connectivity index (χ2n) is 8.91. The van der Waals surface area contributed by atoms with Gasteiger partial charge in [-0.15, -0.1) is 0 Å². The SMILES string of the molecule is CCCCN(CC)S(=O)(=O)c1ccc(C(=O)N2CCN(c3nc4c(OC)ccc(C)c4s3)CC2)cc1. The summed E-state index contributed by atoms with van der Waals surface area (Å²) in [4.78, 5) is 22.2. The second-order valence-corrected chi connectivity index (χ2v) is 11.8. The molecule has 0 aliphatic carbocycles. The van der Waals surface area contributed by atoms with Gasteiger partial charge >= 0.3 is 0 Å². The highest BCUT2D eigenvalue weighted by molar-refractivity contribution is 7.89. The molecule has 36 heavy (non-hydrogen) atoms. The fraction of sp³-hybridized carbons (Fsp3) is 0.462. The number of rotatable bonds is 9. The van der Waals surface area contributed by atoms with Crippen molar-refractivity contribution in [3.8, 4) is 5.75 Å². The first kappa shape index (κ1) is 26.4. The van der Waals surface area contributed by atoms with Crippen molar-refractivity contribution in [1.82, 2.24) is 14.2 Å². The Morgan fingerprint density at radius 1 is 1.08 bits per heavy atom. The van der Waals surface area contributed by atoms with Gasteiger partial charge in [0.2, 0.25) is 10.0 Å². The van der Waals surface area contributed by atoms with Gasteiger partial charge in [-0.3, -0.25) is 4.79 Å². The quantitative estimate of drug-likeness (QED) is 0.408. The Morgan fingerprint density at radius 3 is 2.39 bits per heavy atom. The van der Waals surface area contributed by atoms with Crippen LogP contribution in [0, 0.1) is 6.92 Å². The van der Waals surface area contributed by atoms with Crippen LogP contribution in [0.5, 0.6) is 5.75 Å². The molecule has 0 N–H and O–H groups in total. The number of carbonyl (C=O) groups is 1. The van der Waals surface area contributed by atoms with Crippen molar-refractivity contribution in [2.75, 3.05) is 51.3 Å². The number of hydrogen-bond acceptors (Lipinski definition) is 7. The number of anilines is 1. The molecule has 0 unspecified atom stereocenters. The number of benzene rings is 2. The third-order valence-electron chi connectivity index (χ3n) is 6.60. The molecule has 0 saturated carbocycles. The fourth-order valence-corrected chi connectivity index (χ4v) is 6.97. The van der Waals surface area contributed by atoms with Gasteiger partial charge in [-0.2, -0.15) is 4.31 Å². The smallest absolute Gasteiger partial charge is 0.253 e. The van der Waals surface area contributed by atoms with Gasteiger partial charge in [-0.1, -0.05) is 37.7 Å². The molecule has 0 spiro atoms. The van der Waals surface area contributed by atoms with Crippen LogP contribution in [0.4, 0.5) is 5.13 Å². The Labute approximate surface area is 217 Å². The van der Waals surface area contributed by atoms with Gasteiger partial charge in [0.1, 0.15) is 11.3 Å². The standard InChI is InChI=1S/C26H34N4O4S2/c1-5-7-14-30(6-2)36(32,33)21-11-9-20(10-12-21)25(31)28-15-17-29(18-16-28)26-27-23-22(34-4)13-8-19(3)24(23)35-26/h8-13H,5-7,14-18H2,1-4H3. The summed E-state index contributed by atoms with van der Waals surface area (Å²) in [6.45, 7) is 9.40. The second kappa shape index (κ2) is 11.1. The monoisotopic (exact) mass is 530 g/mol. The minimum Gasteiger partial charge on any atom is -0.494 e. The van der Waals surface area contributed by atoms with E-state index in [1.807, 2.05) is 30.9 Å². The molecule has 0 bridgehead atoms. The minimum absolute atomic E-state index is 0.0845. The molecule has 194 valence electrons. The van der Waals surface area contributed by atoms with Crippen molar-refractivity contribution in [1.29, 1.82) is 0 Å². The zero-order valence-electron chi connectivity index (χ0n) is 21.4. The van der Waals surface area contributed by atoms with Crippen LogP contribution in [-0.4, -0.2) is 74.9 Å². The van der Waals surface area contributed by atoms with E-state index in [0.717, 1.165) is 33.9 Å². The molecular formula is C26H34N4O4S2. The minimum atomic E-state index is -3.56. The van der Waals surface area contributed by atoms with Crippen LogP contribution in [0.2, 0.25) is 0 Å². The van der Waals surface area contributed by atoms with E-state index in [9.17, 15) is 13.2 Å². The summed E-state index contributed by atoms with van der Waals surface area (Å²) < 4.78 is 34.0. The molecule has 2 heterocycles. The number of sulfonamides is 1. The summed E-state index contributed by atoms with van der Waals surface area (Å²) >= 11 is 1.65. The topological polar surface area (TPSA) is 83.1 Å². The van der Waals surface area contributed by atoms with E-state index in [4.69, 9.17) is 9.72 Å². The largest absolute Gasteiger partial charge is 0.494 e. The highest BCUT2D eigenvalue weighted by Crippen LogP contribution is 2.36. The fourth-order valence-electron chi connectivity index (χ4n) is 4.38. The molecule has 0 radical (unpaired) electrons. The van der Waals surface area contributed by atoms with Crippen molar-refractivity contribution in [3.05, 3.63) is 47.5 Å². The number of carbonyl (C=O) groups excluding carboxylic acids is 1. The maximum absolute atomic E-state index is 13.1. The molecule has 2 aromatic carbocycles. The van der Waals surface area contributed by atoms with E-state index in [0.29, 0.717) is 44.8 Å². The Kier molecular flexibility index (Phi) is 8.17. The molecule has 1 fully saturated rings. The summed E-state index contributed by atoms with van der Waals surface area (Å²) in [5.74, 6) is 0.684.